The predicted molar refractivity (Wildman–Crippen MR) is 68.9 cm³/mol. The maximum absolute atomic E-state index is 9.34. The van der Waals surface area contributed by atoms with Crippen molar-refractivity contribution in [2.45, 2.75) is 50.5 Å². The van der Waals surface area contributed by atoms with E-state index in [-0.39, 0.29) is 18.1 Å². The highest BCUT2D eigenvalue weighted by Gasteiger charge is 2.40. The number of fused-ring (bicyclic) bond motifs is 1. The maximum Gasteiger partial charge on any atom is 0.0440 e. The zero-order chi connectivity index (χ0) is 11.6. The summed E-state index contributed by atoms with van der Waals surface area (Å²) < 4.78 is 0. The van der Waals surface area contributed by atoms with Gasteiger partial charge >= 0.3 is 0 Å². The molecule has 0 amide bonds. The Morgan fingerprint density at radius 3 is 3.12 bits per heavy atom. The van der Waals surface area contributed by atoms with Crippen LogP contribution in [0.25, 0.3) is 0 Å². The Balaban J connectivity index is 2.41. The molecular weight excluding hydrogens is 218 g/mol. The molecule has 0 radical (unpaired) electrons. The quantitative estimate of drug-likeness (QED) is 0.847. The fraction of sp³-hybridized carbons (Fsp3) is 0.692. The molecule has 0 saturated carbocycles. The summed E-state index contributed by atoms with van der Waals surface area (Å²) >= 11 is 1.84. The van der Waals surface area contributed by atoms with Crippen LogP contribution in [0, 0.1) is 0 Å². The standard InChI is InChI=1S/C13H21NOS/c1-2-12(14)13(7-8-15)6-3-4-11-10(13)5-9-16-11/h5,9,12,15H,2-4,6-8,14H2,1H3. The van der Waals surface area contributed by atoms with Crippen molar-refractivity contribution in [1.82, 2.24) is 0 Å². The van der Waals surface area contributed by atoms with Crippen LogP contribution in [0.2, 0.25) is 0 Å². The van der Waals surface area contributed by atoms with Crippen LogP contribution >= 0.6 is 11.3 Å². The first-order valence-corrected chi connectivity index (χ1v) is 7.06. The van der Waals surface area contributed by atoms with Crippen molar-refractivity contribution in [3.8, 4) is 0 Å². The van der Waals surface area contributed by atoms with E-state index >= 15 is 0 Å². The predicted octanol–water partition coefficient (Wildman–Crippen LogP) is 2.44. The molecule has 16 heavy (non-hydrogen) atoms. The van der Waals surface area contributed by atoms with Gasteiger partial charge in [0.25, 0.3) is 0 Å². The third-order valence-corrected chi connectivity index (χ3v) is 5.00. The van der Waals surface area contributed by atoms with Crippen molar-refractivity contribution in [3.63, 3.8) is 0 Å². The van der Waals surface area contributed by atoms with Crippen LogP contribution in [-0.2, 0) is 11.8 Å². The summed E-state index contributed by atoms with van der Waals surface area (Å²) in [7, 11) is 0. The van der Waals surface area contributed by atoms with Gasteiger partial charge in [-0.3, -0.25) is 0 Å². The topological polar surface area (TPSA) is 46.2 Å². The van der Waals surface area contributed by atoms with Crippen LogP contribution in [0.3, 0.4) is 0 Å². The van der Waals surface area contributed by atoms with E-state index in [4.69, 9.17) is 5.73 Å². The summed E-state index contributed by atoms with van der Waals surface area (Å²) in [6, 6.07) is 2.40. The second-order valence-electron chi connectivity index (χ2n) is 4.76. The lowest BCUT2D eigenvalue weighted by atomic mass is 9.65. The van der Waals surface area contributed by atoms with Gasteiger partial charge < -0.3 is 10.8 Å². The molecule has 0 saturated heterocycles. The Labute approximate surface area is 101 Å². The van der Waals surface area contributed by atoms with Crippen molar-refractivity contribution in [2.75, 3.05) is 6.61 Å². The molecule has 1 heterocycles. The number of hydrogen-bond donors (Lipinski definition) is 2. The van der Waals surface area contributed by atoms with Crippen molar-refractivity contribution >= 4 is 11.3 Å². The van der Waals surface area contributed by atoms with E-state index < -0.39 is 0 Å². The first-order chi connectivity index (χ1) is 7.74. The molecule has 2 rings (SSSR count). The molecule has 1 aliphatic carbocycles. The molecule has 90 valence electrons. The van der Waals surface area contributed by atoms with Crippen molar-refractivity contribution in [2.24, 2.45) is 5.73 Å². The lowest BCUT2D eigenvalue weighted by Gasteiger charge is -2.42. The number of thiophene rings is 1. The number of nitrogens with two attached hydrogens (primary N) is 1. The summed E-state index contributed by atoms with van der Waals surface area (Å²) in [6.45, 7) is 2.38. The smallest absolute Gasteiger partial charge is 0.0440 e. The van der Waals surface area contributed by atoms with E-state index in [0.717, 1.165) is 19.3 Å². The maximum atomic E-state index is 9.34. The lowest BCUT2D eigenvalue weighted by Crippen LogP contribution is -2.47. The van der Waals surface area contributed by atoms with Gasteiger partial charge in [0.1, 0.15) is 0 Å². The molecule has 1 aromatic heterocycles. The Morgan fingerprint density at radius 1 is 1.62 bits per heavy atom. The fourth-order valence-electron chi connectivity index (χ4n) is 3.10. The monoisotopic (exact) mass is 239 g/mol. The summed E-state index contributed by atoms with van der Waals surface area (Å²) in [6.07, 6.45) is 5.32. The summed E-state index contributed by atoms with van der Waals surface area (Å²) in [4.78, 5) is 1.49. The fourth-order valence-corrected chi connectivity index (χ4v) is 4.13. The van der Waals surface area contributed by atoms with Gasteiger partial charge in [-0.15, -0.1) is 11.3 Å². The number of hydrogen-bond acceptors (Lipinski definition) is 3. The highest BCUT2D eigenvalue weighted by molar-refractivity contribution is 7.10. The molecule has 1 aliphatic rings. The first kappa shape index (κ1) is 12.1. The first-order valence-electron chi connectivity index (χ1n) is 6.18. The number of aliphatic hydroxyl groups excluding tert-OH is 1. The molecular formula is C13H21NOS. The Kier molecular flexibility index (Phi) is 3.67. The molecule has 2 unspecified atom stereocenters. The SMILES string of the molecule is CCC(N)C1(CCO)CCCc2sccc21. The molecule has 2 atom stereocenters. The minimum atomic E-state index is 0.0388. The van der Waals surface area contributed by atoms with Gasteiger partial charge in [0.15, 0.2) is 0 Å². The van der Waals surface area contributed by atoms with Gasteiger partial charge in [0.2, 0.25) is 0 Å². The zero-order valence-electron chi connectivity index (χ0n) is 9.91. The zero-order valence-corrected chi connectivity index (χ0v) is 10.7. The van der Waals surface area contributed by atoms with Crippen molar-refractivity contribution < 1.29 is 5.11 Å². The van der Waals surface area contributed by atoms with Crippen molar-refractivity contribution in [3.05, 3.63) is 21.9 Å². The molecule has 3 heteroatoms. The van der Waals surface area contributed by atoms with Gasteiger partial charge in [0, 0.05) is 22.9 Å². The van der Waals surface area contributed by atoms with E-state index in [1.165, 1.54) is 23.3 Å². The highest BCUT2D eigenvalue weighted by atomic mass is 32.1. The van der Waals surface area contributed by atoms with E-state index in [1.807, 2.05) is 11.3 Å². The van der Waals surface area contributed by atoms with Gasteiger partial charge in [0.05, 0.1) is 0 Å². The average Bonchev–Trinajstić information content (AvgIpc) is 2.77. The Hall–Kier alpha value is -0.380. The molecule has 1 aromatic rings. The summed E-state index contributed by atoms with van der Waals surface area (Å²) in [5.41, 5.74) is 7.80. The van der Waals surface area contributed by atoms with Crippen LogP contribution in [0.1, 0.15) is 43.0 Å². The molecule has 0 spiro atoms. The summed E-state index contributed by atoms with van der Waals surface area (Å²) in [5, 5.41) is 11.5. The Morgan fingerprint density at radius 2 is 2.44 bits per heavy atom. The third kappa shape index (κ3) is 1.81. The molecule has 3 N–H and O–H groups in total. The van der Waals surface area contributed by atoms with Crippen LogP contribution < -0.4 is 5.73 Å². The third-order valence-electron chi connectivity index (χ3n) is 4.02. The van der Waals surface area contributed by atoms with Crippen molar-refractivity contribution in [1.29, 1.82) is 0 Å². The van der Waals surface area contributed by atoms with Gasteiger partial charge in [-0.2, -0.15) is 0 Å². The average molecular weight is 239 g/mol. The van der Waals surface area contributed by atoms with Crippen LogP contribution in [0.5, 0.6) is 0 Å². The minimum Gasteiger partial charge on any atom is -0.396 e. The molecule has 2 nitrogen and oxygen atoms in total. The number of aliphatic hydroxyl groups is 1. The van der Waals surface area contributed by atoms with E-state index in [9.17, 15) is 5.11 Å². The van der Waals surface area contributed by atoms with Crippen LogP contribution in [0.4, 0.5) is 0 Å². The molecule has 0 aliphatic heterocycles. The van der Waals surface area contributed by atoms with E-state index in [1.54, 1.807) is 0 Å². The minimum absolute atomic E-state index is 0.0388. The molecule has 0 aromatic carbocycles. The van der Waals surface area contributed by atoms with Gasteiger partial charge in [-0.1, -0.05) is 6.92 Å². The second kappa shape index (κ2) is 4.86. The Bertz CT molecular complexity index is 349. The number of rotatable bonds is 4. The normalized spacial score (nSPS) is 26.4. The van der Waals surface area contributed by atoms with E-state index in [2.05, 4.69) is 18.4 Å². The second-order valence-corrected chi connectivity index (χ2v) is 5.76. The van der Waals surface area contributed by atoms with Gasteiger partial charge in [-0.25, -0.2) is 0 Å². The summed E-state index contributed by atoms with van der Waals surface area (Å²) in [5.74, 6) is 0. The largest absolute Gasteiger partial charge is 0.396 e. The van der Waals surface area contributed by atoms with Crippen LogP contribution in [-0.4, -0.2) is 17.8 Å². The van der Waals surface area contributed by atoms with Crippen LogP contribution in [0.15, 0.2) is 11.4 Å². The highest BCUT2D eigenvalue weighted by Crippen LogP contribution is 2.44. The van der Waals surface area contributed by atoms with Gasteiger partial charge in [-0.05, 0) is 49.1 Å². The van der Waals surface area contributed by atoms with E-state index in [0.29, 0.717) is 0 Å². The number of aryl methyl sites for hydroxylation is 1. The lowest BCUT2D eigenvalue weighted by molar-refractivity contribution is 0.194. The molecule has 0 bridgehead atoms. The molecule has 0 fully saturated rings.